The van der Waals surface area contributed by atoms with Crippen LogP contribution in [-0.2, 0) is 4.79 Å². The van der Waals surface area contributed by atoms with Crippen LogP contribution in [0.3, 0.4) is 0 Å². The predicted octanol–water partition coefficient (Wildman–Crippen LogP) is 1.84. The molecule has 0 aromatic carbocycles. The van der Waals surface area contributed by atoms with E-state index >= 15 is 0 Å². The molecule has 13 heavy (non-hydrogen) atoms. The Balaban J connectivity index is 3.36. The number of carbonyl (C=O) groups is 1. The molecule has 0 rings (SSSR count). The Labute approximate surface area is 80.1 Å². The lowest BCUT2D eigenvalue weighted by molar-refractivity contribution is -0.121. The molecule has 0 aliphatic rings. The lowest BCUT2D eigenvalue weighted by Crippen LogP contribution is -2.25. The van der Waals surface area contributed by atoms with E-state index in [-0.39, 0.29) is 11.8 Å². The van der Waals surface area contributed by atoms with E-state index in [2.05, 4.69) is 12.2 Å². The molecule has 0 saturated heterocycles. The van der Waals surface area contributed by atoms with E-state index in [1.54, 1.807) is 6.92 Å². The summed E-state index contributed by atoms with van der Waals surface area (Å²) in [4.78, 5) is 11.1. The minimum atomic E-state index is -0.175. The molecule has 0 aromatic rings. The number of nitriles is 1. The highest BCUT2D eigenvalue weighted by atomic mass is 16.1. The van der Waals surface area contributed by atoms with E-state index in [0.717, 1.165) is 25.8 Å². The maximum atomic E-state index is 11.1. The van der Waals surface area contributed by atoms with Crippen LogP contribution in [-0.4, -0.2) is 12.5 Å². The van der Waals surface area contributed by atoms with Crippen LogP contribution in [0.4, 0.5) is 0 Å². The highest BCUT2D eigenvalue weighted by Crippen LogP contribution is 1.98. The first-order chi connectivity index (χ1) is 6.20. The van der Waals surface area contributed by atoms with Crippen LogP contribution in [0.5, 0.6) is 0 Å². The Kier molecular flexibility index (Phi) is 6.99. The first kappa shape index (κ1) is 12.0. The van der Waals surface area contributed by atoms with Crippen molar-refractivity contribution in [2.45, 2.75) is 39.5 Å². The molecule has 0 aromatic heterocycles. The van der Waals surface area contributed by atoms with Crippen LogP contribution in [0.15, 0.2) is 0 Å². The Morgan fingerprint density at radius 2 is 2.23 bits per heavy atom. The van der Waals surface area contributed by atoms with Gasteiger partial charge in [0, 0.05) is 13.0 Å². The zero-order chi connectivity index (χ0) is 10.1. The molecule has 1 N–H and O–H groups in total. The number of hydrogen-bond acceptors (Lipinski definition) is 2. The first-order valence-corrected chi connectivity index (χ1v) is 4.87. The largest absolute Gasteiger partial charge is 0.356 e. The molecule has 3 nitrogen and oxygen atoms in total. The third kappa shape index (κ3) is 7.32. The first-order valence-electron chi connectivity index (χ1n) is 4.87. The number of carbonyl (C=O) groups excluding carboxylic acids is 1. The summed E-state index contributed by atoms with van der Waals surface area (Å²) in [7, 11) is 0. The molecule has 0 radical (unpaired) electrons. The Morgan fingerprint density at radius 3 is 2.77 bits per heavy atom. The third-order valence-electron chi connectivity index (χ3n) is 1.81. The van der Waals surface area contributed by atoms with Gasteiger partial charge in [0.05, 0.1) is 12.0 Å². The number of nitrogens with one attached hydrogen (secondary N) is 1. The maximum Gasteiger partial charge on any atom is 0.221 e. The SMILES string of the molecule is CCCCCNC(=O)CC(C)C#N. The van der Waals surface area contributed by atoms with Crippen LogP contribution >= 0.6 is 0 Å². The summed E-state index contributed by atoms with van der Waals surface area (Å²) >= 11 is 0. The van der Waals surface area contributed by atoms with Gasteiger partial charge < -0.3 is 5.32 Å². The average molecular weight is 182 g/mol. The highest BCUT2D eigenvalue weighted by molar-refractivity contribution is 5.76. The molecule has 1 unspecified atom stereocenters. The maximum absolute atomic E-state index is 11.1. The van der Waals surface area contributed by atoms with Gasteiger partial charge in [0.15, 0.2) is 0 Å². The molecule has 0 aliphatic heterocycles. The number of hydrogen-bond donors (Lipinski definition) is 1. The van der Waals surface area contributed by atoms with Crippen molar-refractivity contribution in [1.82, 2.24) is 5.32 Å². The molecule has 3 heteroatoms. The van der Waals surface area contributed by atoms with Gasteiger partial charge in [-0.3, -0.25) is 4.79 Å². The van der Waals surface area contributed by atoms with Crippen molar-refractivity contribution >= 4 is 5.91 Å². The smallest absolute Gasteiger partial charge is 0.221 e. The van der Waals surface area contributed by atoms with Crippen LogP contribution in [0.2, 0.25) is 0 Å². The van der Waals surface area contributed by atoms with Gasteiger partial charge in [-0.05, 0) is 13.3 Å². The topological polar surface area (TPSA) is 52.9 Å². The van der Waals surface area contributed by atoms with Crippen molar-refractivity contribution in [1.29, 1.82) is 5.26 Å². The number of unbranched alkanes of at least 4 members (excludes halogenated alkanes) is 2. The second kappa shape index (κ2) is 7.60. The van der Waals surface area contributed by atoms with Gasteiger partial charge in [-0.2, -0.15) is 5.26 Å². The monoisotopic (exact) mass is 182 g/mol. The van der Waals surface area contributed by atoms with Crippen molar-refractivity contribution < 1.29 is 4.79 Å². The van der Waals surface area contributed by atoms with E-state index in [1.807, 2.05) is 6.07 Å². The van der Waals surface area contributed by atoms with Crippen molar-refractivity contribution in [2.24, 2.45) is 5.92 Å². The molecule has 0 heterocycles. The fraction of sp³-hybridized carbons (Fsp3) is 0.800. The fourth-order valence-corrected chi connectivity index (χ4v) is 0.999. The second-order valence-electron chi connectivity index (χ2n) is 3.29. The summed E-state index contributed by atoms with van der Waals surface area (Å²) in [6.45, 7) is 4.62. The molecule has 74 valence electrons. The summed E-state index contributed by atoms with van der Waals surface area (Å²) in [5.74, 6) is -0.184. The molecular formula is C10H18N2O. The van der Waals surface area contributed by atoms with Gasteiger partial charge in [-0.25, -0.2) is 0 Å². The minimum absolute atomic E-state index is 0.00912. The number of nitrogens with zero attached hydrogens (tertiary/aromatic N) is 1. The highest BCUT2D eigenvalue weighted by Gasteiger charge is 2.06. The lowest BCUT2D eigenvalue weighted by atomic mass is 10.1. The van der Waals surface area contributed by atoms with E-state index < -0.39 is 0 Å². The van der Waals surface area contributed by atoms with Gasteiger partial charge in [-0.15, -0.1) is 0 Å². The minimum Gasteiger partial charge on any atom is -0.356 e. The lowest BCUT2D eigenvalue weighted by Gasteiger charge is -2.04. The molecular weight excluding hydrogens is 164 g/mol. The van der Waals surface area contributed by atoms with Crippen molar-refractivity contribution in [3.63, 3.8) is 0 Å². The molecule has 0 aliphatic carbocycles. The molecule has 0 spiro atoms. The van der Waals surface area contributed by atoms with E-state index in [1.165, 1.54) is 0 Å². The summed E-state index contributed by atoms with van der Waals surface area (Å²) in [5.41, 5.74) is 0. The quantitative estimate of drug-likeness (QED) is 0.637. The molecule has 0 fully saturated rings. The van der Waals surface area contributed by atoms with Crippen LogP contribution in [0, 0.1) is 17.2 Å². The van der Waals surface area contributed by atoms with E-state index in [4.69, 9.17) is 5.26 Å². The Hall–Kier alpha value is -1.04. The van der Waals surface area contributed by atoms with Gasteiger partial charge in [0.2, 0.25) is 5.91 Å². The summed E-state index contributed by atoms with van der Waals surface area (Å²) in [5, 5.41) is 11.3. The average Bonchev–Trinajstić information content (AvgIpc) is 2.12. The van der Waals surface area contributed by atoms with E-state index in [0.29, 0.717) is 6.42 Å². The van der Waals surface area contributed by atoms with Crippen molar-refractivity contribution in [3.05, 3.63) is 0 Å². The Morgan fingerprint density at radius 1 is 1.54 bits per heavy atom. The fourth-order valence-electron chi connectivity index (χ4n) is 0.999. The van der Waals surface area contributed by atoms with Crippen LogP contribution < -0.4 is 5.32 Å². The van der Waals surface area contributed by atoms with Gasteiger partial charge in [-0.1, -0.05) is 19.8 Å². The zero-order valence-electron chi connectivity index (χ0n) is 8.47. The second-order valence-corrected chi connectivity index (χ2v) is 3.29. The third-order valence-corrected chi connectivity index (χ3v) is 1.81. The molecule has 1 atom stereocenters. The van der Waals surface area contributed by atoms with Gasteiger partial charge in [0.1, 0.15) is 0 Å². The number of rotatable bonds is 6. The number of amides is 1. The molecule has 0 bridgehead atoms. The summed E-state index contributed by atoms with van der Waals surface area (Å²) in [6.07, 6.45) is 3.66. The Bertz CT molecular complexity index is 184. The van der Waals surface area contributed by atoms with Crippen molar-refractivity contribution in [3.8, 4) is 6.07 Å². The van der Waals surface area contributed by atoms with E-state index in [9.17, 15) is 4.79 Å². The van der Waals surface area contributed by atoms with Crippen LogP contribution in [0.1, 0.15) is 39.5 Å². The normalized spacial score (nSPS) is 11.8. The zero-order valence-corrected chi connectivity index (χ0v) is 8.47. The molecule has 0 saturated carbocycles. The van der Waals surface area contributed by atoms with Gasteiger partial charge >= 0.3 is 0 Å². The predicted molar refractivity (Wildman–Crippen MR) is 51.9 cm³/mol. The standard InChI is InChI=1S/C10H18N2O/c1-3-4-5-6-12-10(13)7-9(2)8-11/h9H,3-7H2,1-2H3,(H,12,13). The van der Waals surface area contributed by atoms with Crippen LogP contribution in [0.25, 0.3) is 0 Å². The van der Waals surface area contributed by atoms with Gasteiger partial charge in [0.25, 0.3) is 0 Å². The summed E-state index contributed by atoms with van der Waals surface area (Å²) in [6, 6.07) is 2.04. The van der Waals surface area contributed by atoms with Crippen molar-refractivity contribution in [2.75, 3.05) is 6.54 Å². The molecule has 1 amide bonds. The summed E-state index contributed by atoms with van der Waals surface area (Å²) < 4.78 is 0.